The summed E-state index contributed by atoms with van der Waals surface area (Å²) in [6, 6.07) is 1.57. The van der Waals surface area contributed by atoms with E-state index in [0.717, 1.165) is 6.04 Å². The molecule has 3 aliphatic rings. The van der Waals surface area contributed by atoms with Crippen molar-refractivity contribution in [2.45, 2.75) is 69.0 Å². The zero-order valence-corrected chi connectivity index (χ0v) is 11.7. The highest BCUT2D eigenvalue weighted by atomic mass is 16.3. The average molecular weight is 252 g/mol. The first kappa shape index (κ1) is 12.9. The Kier molecular flexibility index (Phi) is 3.65. The summed E-state index contributed by atoms with van der Waals surface area (Å²) in [5, 5.41) is 13.6. The summed E-state index contributed by atoms with van der Waals surface area (Å²) < 4.78 is 0. The molecule has 0 aromatic rings. The van der Waals surface area contributed by atoms with Gasteiger partial charge in [-0.15, -0.1) is 0 Å². The lowest BCUT2D eigenvalue weighted by Gasteiger charge is -2.36. The zero-order chi connectivity index (χ0) is 12.6. The quantitative estimate of drug-likeness (QED) is 0.724. The van der Waals surface area contributed by atoms with Gasteiger partial charge in [-0.1, -0.05) is 6.42 Å². The third-order valence-corrected chi connectivity index (χ3v) is 5.31. The van der Waals surface area contributed by atoms with Crippen LogP contribution in [0.5, 0.6) is 0 Å². The van der Waals surface area contributed by atoms with Crippen molar-refractivity contribution in [1.29, 1.82) is 0 Å². The summed E-state index contributed by atoms with van der Waals surface area (Å²) in [7, 11) is 2.27. The molecule has 3 fully saturated rings. The van der Waals surface area contributed by atoms with Crippen molar-refractivity contribution >= 4 is 0 Å². The van der Waals surface area contributed by atoms with Gasteiger partial charge in [0.2, 0.25) is 0 Å². The Morgan fingerprint density at radius 1 is 1.22 bits per heavy atom. The topological polar surface area (TPSA) is 35.5 Å². The third-order valence-electron chi connectivity index (χ3n) is 5.31. The minimum atomic E-state index is 0.0611. The molecule has 0 radical (unpaired) electrons. The van der Waals surface area contributed by atoms with Crippen LogP contribution in [-0.4, -0.2) is 47.8 Å². The molecular formula is C15H28N2O. The van der Waals surface area contributed by atoms with Gasteiger partial charge in [-0.2, -0.15) is 0 Å². The first-order valence-electron chi connectivity index (χ1n) is 7.82. The number of hydrogen-bond acceptors (Lipinski definition) is 3. The average Bonchev–Trinajstić information content (AvgIpc) is 3.25. The van der Waals surface area contributed by atoms with Crippen molar-refractivity contribution in [1.82, 2.24) is 10.2 Å². The molecular weight excluding hydrogens is 224 g/mol. The maximum Gasteiger partial charge on any atom is 0.0616 e. The maximum atomic E-state index is 9.87. The maximum absolute atomic E-state index is 9.87. The molecule has 0 saturated heterocycles. The number of nitrogens with one attached hydrogen (secondary N) is 1. The van der Waals surface area contributed by atoms with E-state index in [4.69, 9.17) is 0 Å². The third kappa shape index (κ3) is 2.73. The Hall–Kier alpha value is -0.120. The van der Waals surface area contributed by atoms with E-state index >= 15 is 0 Å². The second kappa shape index (κ2) is 5.10. The Balaban J connectivity index is 1.54. The molecule has 2 atom stereocenters. The molecule has 3 saturated carbocycles. The van der Waals surface area contributed by atoms with Crippen LogP contribution < -0.4 is 5.32 Å². The Morgan fingerprint density at radius 3 is 2.61 bits per heavy atom. The Bertz CT molecular complexity index is 288. The molecule has 3 heteroatoms. The SMILES string of the molecule is CN(CCC1CCCC1(CO)NC1CC1)C1CC1. The molecule has 18 heavy (non-hydrogen) atoms. The van der Waals surface area contributed by atoms with Crippen molar-refractivity contribution < 1.29 is 5.11 Å². The number of aliphatic hydroxyl groups is 1. The van der Waals surface area contributed by atoms with E-state index in [9.17, 15) is 5.11 Å². The van der Waals surface area contributed by atoms with Crippen LogP contribution in [-0.2, 0) is 0 Å². The monoisotopic (exact) mass is 252 g/mol. The fourth-order valence-electron chi connectivity index (χ4n) is 3.70. The second-order valence-electron chi connectivity index (χ2n) is 6.82. The van der Waals surface area contributed by atoms with Gasteiger partial charge in [-0.3, -0.25) is 0 Å². The number of aliphatic hydroxyl groups excluding tert-OH is 1. The van der Waals surface area contributed by atoms with Gasteiger partial charge in [0, 0.05) is 17.6 Å². The lowest BCUT2D eigenvalue weighted by molar-refractivity contribution is 0.111. The van der Waals surface area contributed by atoms with Gasteiger partial charge in [0.15, 0.2) is 0 Å². The number of nitrogens with zero attached hydrogens (tertiary/aromatic N) is 1. The van der Waals surface area contributed by atoms with Crippen molar-refractivity contribution in [2.75, 3.05) is 20.2 Å². The fraction of sp³-hybridized carbons (Fsp3) is 1.00. The summed E-state index contributed by atoms with van der Waals surface area (Å²) in [4.78, 5) is 2.53. The molecule has 2 unspecified atom stereocenters. The standard InChI is InChI=1S/C15H28N2O/c1-17(14-6-7-14)10-8-12-3-2-9-15(12,11-18)16-13-4-5-13/h12-14,16,18H,2-11H2,1H3. The highest BCUT2D eigenvalue weighted by Gasteiger charge is 2.45. The van der Waals surface area contributed by atoms with Crippen LogP contribution >= 0.6 is 0 Å². The van der Waals surface area contributed by atoms with Gasteiger partial charge in [-0.05, 0) is 64.5 Å². The van der Waals surface area contributed by atoms with Crippen LogP contribution in [0.1, 0.15) is 51.4 Å². The molecule has 0 aliphatic heterocycles. The van der Waals surface area contributed by atoms with Crippen LogP contribution in [0.2, 0.25) is 0 Å². The molecule has 0 amide bonds. The highest BCUT2D eigenvalue weighted by Crippen LogP contribution is 2.40. The van der Waals surface area contributed by atoms with Gasteiger partial charge in [-0.25, -0.2) is 0 Å². The van der Waals surface area contributed by atoms with E-state index in [1.807, 2.05) is 0 Å². The molecule has 104 valence electrons. The largest absolute Gasteiger partial charge is 0.394 e. The van der Waals surface area contributed by atoms with Crippen LogP contribution in [0.4, 0.5) is 0 Å². The molecule has 0 aromatic carbocycles. The number of rotatable bonds is 7. The summed E-state index contributed by atoms with van der Waals surface area (Å²) >= 11 is 0. The predicted molar refractivity (Wildman–Crippen MR) is 73.6 cm³/mol. The van der Waals surface area contributed by atoms with Crippen molar-refractivity contribution in [3.63, 3.8) is 0 Å². The predicted octanol–water partition coefficient (Wildman–Crippen LogP) is 1.75. The van der Waals surface area contributed by atoms with E-state index in [2.05, 4.69) is 17.3 Å². The molecule has 2 N–H and O–H groups in total. The molecule has 3 aliphatic carbocycles. The van der Waals surface area contributed by atoms with Crippen molar-refractivity contribution in [3.8, 4) is 0 Å². The molecule has 3 nitrogen and oxygen atoms in total. The zero-order valence-electron chi connectivity index (χ0n) is 11.7. The molecule has 3 rings (SSSR count). The first-order valence-corrected chi connectivity index (χ1v) is 7.82. The minimum Gasteiger partial charge on any atom is -0.394 e. The van der Waals surface area contributed by atoms with Gasteiger partial charge in [0.25, 0.3) is 0 Å². The van der Waals surface area contributed by atoms with Crippen molar-refractivity contribution in [3.05, 3.63) is 0 Å². The summed E-state index contributed by atoms with van der Waals surface area (Å²) in [5.74, 6) is 0.685. The van der Waals surface area contributed by atoms with E-state index in [-0.39, 0.29) is 5.54 Å². The van der Waals surface area contributed by atoms with Crippen LogP contribution in [0.15, 0.2) is 0 Å². The molecule has 0 spiro atoms. The van der Waals surface area contributed by atoms with E-state index in [0.29, 0.717) is 18.6 Å². The molecule has 0 heterocycles. The van der Waals surface area contributed by atoms with E-state index in [1.165, 1.54) is 57.9 Å². The molecule has 0 aromatic heterocycles. The van der Waals surface area contributed by atoms with Gasteiger partial charge < -0.3 is 15.3 Å². The summed E-state index contributed by atoms with van der Waals surface area (Å²) in [6.45, 7) is 1.55. The van der Waals surface area contributed by atoms with Crippen LogP contribution in [0, 0.1) is 5.92 Å². The second-order valence-corrected chi connectivity index (χ2v) is 6.82. The van der Waals surface area contributed by atoms with Crippen LogP contribution in [0.25, 0.3) is 0 Å². The lowest BCUT2D eigenvalue weighted by Crippen LogP contribution is -2.53. The fourth-order valence-corrected chi connectivity index (χ4v) is 3.70. The van der Waals surface area contributed by atoms with Crippen molar-refractivity contribution in [2.24, 2.45) is 5.92 Å². The highest BCUT2D eigenvalue weighted by molar-refractivity contribution is 5.03. The smallest absolute Gasteiger partial charge is 0.0616 e. The van der Waals surface area contributed by atoms with E-state index < -0.39 is 0 Å². The first-order chi connectivity index (χ1) is 8.73. The molecule has 0 bridgehead atoms. The minimum absolute atomic E-state index is 0.0611. The number of hydrogen-bond donors (Lipinski definition) is 2. The van der Waals surface area contributed by atoms with Gasteiger partial charge in [0.05, 0.1) is 6.61 Å². The normalized spacial score (nSPS) is 36.5. The van der Waals surface area contributed by atoms with Crippen LogP contribution in [0.3, 0.4) is 0 Å². The summed E-state index contributed by atoms with van der Waals surface area (Å²) in [5.41, 5.74) is 0.0611. The van der Waals surface area contributed by atoms with E-state index in [1.54, 1.807) is 0 Å². The van der Waals surface area contributed by atoms with Gasteiger partial charge in [0.1, 0.15) is 0 Å². The summed E-state index contributed by atoms with van der Waals surface area (Å²) in [6.07, 6.45) is 10.5. The van der Waals surface area contributed by atoms with Gasteiger partial charge >= 0.3 is 0 Å². The Morgan fingerprint density at radius 2 is 2.00 bits per heavy atom. The Labute approximate surface area is 111 Å². The lowest BCUT2D eigenvalue weighted by atomic mass is 9.85.